The van der Waals surface area contributed by atoms with Gasteiger partial charge in [-0.3, -0.25) is 19.7 Å². The molecule has 0 bridgehead atoms. The first-order valence-corrected chi connectivity index (χ1v) is 9.29. The van der Waals surface area contributed by atoms with Crippen molar-refractivity contribution < 1.29 is 4.79 Å². The Morgan fingerprint density at radius 3 is 2.50 bits per heavy atom. The van der Waals surface area contributed by atoms with Crippen LogP contribution in [0, 0.1) is 13.8 Å². The number of benzene rings is 2. The van der Waals surface area contributed by atoms with Gasteiger partial charge in [-0.1, -0.05) is 30.3 Å². The Bertz CT molecular complexity index is 1390. The highest BCUT2D eigenvalue weighted by Gasteiger charge is 2.12. The van der Waals surface area contributed by atoms with Crippen molar-refractivity contribution >= 4 is 23.0 Å². The molecular weight excluding hydrogens is 382 g/mol. The smallest absolute Gasteiger partial charge is 0.305 e. The van der Waals surface area contributed by atoms with E-state index < -0.39 is 11.2 Å². The average Bonchev–Trinajstić information content (AvgIpc) is 3.01. The number of carbonyl (C=O) groups excluding carboxylic acids is 1. The molecule has 30 heavy (non-hydrogen) atoms. The van der Waals surface area contributed by atoms with Crippen LogP contribution in [0.5, 0.6) is 0 Å². The zero-order valence-corrected chi connectivity index (χ0v) is 16.4. The van der Waals surface area contributed by atoms with Gasteiger partial charge in [-0.15, -0.1) is 4.68 Å². The van der Waals surface area contributed by atoms with Gasteiger partial charge in [0.15, 0.2) is 0 Å². The molecule has 2 N–H and O–H groups in total. The van der Waals surface area contributed by atoms with E-state index in [1.165, 1.54) is 6.21 Å². The van der Waals surface area contributed by atoms with Crippen molar-refractivity contribution in [3.63, 3.8) is 0 Å². The summed E-state index contributed by atoms with van der Waals surface area (Å²) in [6, 6.07) is 17.4. The minimum Gasteiger partial charge on any atom is -0.305 e. The molecule has 2 aromatic carbocycles. The molecule has 2 heterocycles. The van der Waals surface area contributed by atoms with Crippen LogP contribution in [0.2, 0.25) is 0 Å². The van der Waals surface area contributed by atoms with Gasteiger partial charge in [-0.05, 0) is 44.2 Å². The third-order valence-electron chi connectivity index (χ3n) is 4.82. The maximum absolute atomic E-state index is 12.6. The largest absolute Gasteiger partial charge is 0.349 e. The summed E-state index contributed by atoms with van der Waals surface area (Å²) in [5.74, 6) is -0.247. The van der Waals surface area contributed by atoms with Crippen LogP contribution >= 0.6 is 0 Å². The molecule has 8 nitrogen and oxygen atoms in total. The van der Waals surface area contributed by atoms with E-state index in [1.54, 1.807) is 53.2 Å². The number of H-pyrrole nitrogens is 1. The van der Waals surface area contributed by atoms with Crippen molar-refractivity contribution in [2.24, 2.45) is 5.10 Å². The van der Waals surface area contributed by atoms with E-state index in [0.29, 0.717) is 27.7 Å². The summed E-state index contributed by atoms with van der Waals surface area (Å²) < 4.78 is 2.43. The summed E-state index contributed by atoms with van der Waals surface area (Å²) in [5, 5.41) is 4.46. The first kappa shape index (κ1) is 19.1. The van der Waals surface area contributed by atoms with Crippen LogP contribution in [0.25, 0.3) is 10.9 Å². The van der Waals surface area contributed by atoms with Crippen LogP contribution < -0.4 is 16.7 Å². The number of para-hydroxylation sites is 1. The predicted octanol–water partition coefficient (Wildman–Crippen LogP) is 2.37. The molecule has 0 aliphatic rings. The van der Waals surface area contributed by atoms with Crippen molar-refractivity contribution in [2.75, 3.05) is 5.43 Å². The molecule has 2 aromatic heterocycles. The number of nitrogens with one attached hydrogen (secondary N) is 2. The molecule has 0 atom stereocenters. The SMILES string of the molecule is Cc1cc(C=Nn2c(=O)[nH]c3ccccc3c2=O)c(C)n1NC(=O)c1ccccc1. The van der Waals surface area contributed by atoms with Crippen molar-refractivity contribution in [3.8, 4) is 0 Å². The van der Waals surface area contributed by atoms with E-state index in [0.717, 1.165) is 10.4 Å². The van der Waals surface area contributed by atoms with E-state index in [1.807, 2.05) is 26.0 Å². The highest BCUT2D eigenvalue weighted by Crippen LogP contribution is 2.12. The van der Waals surface area contributed by atoms with Gasteiger partial charge >= 0.3 is 5.69 Å². The van der Waals surface area contributed by atoms with Gasteiger partial charge in [0.05, 0.1) is 17.1 Å². The average molecular weight is 401 g/mol. The molecule has 0 fully saturated rings. The summed E-state index contributed by atoms with van der Waals surface area (Å²) in [5.41, 5.74) is 4.87. The fraction of sp³-hybridized carbons (Fsp3) is 0.0909. The monoisotopic (exact) mass is 401 g/mol. The van der Waals surface area contributed by atoms with Crippen molar-refractivity contribution in [2.45, 2.75) is 13.8 Å². The van der Waals surface area contributed by atoms with E-state index >= 15 is 0 Å². The lowest BCUT2D eigenvalue weighted by molar-refractivity contribution is 0.101. The molecule has 0 saturated heterocycles. The Hall–Kier alpha value is -4.20. The maximum Gasteiger partial charge on any atom is 0.349 e. The molecule has 0 spiro atoms. The Labute approximate surface area is 171 Å². The van der Waals surface area contributed by atoms with Gasteiger partial charge in [0.1, 0.15) is 0 Å². The quantitative estimate of drug-likeness (QED) is 0.513. The number of fused-ring (bicyclic) bond motifs is 1. The number of nitrogens with zero attached hydrogens (tertiary/aromatic N) is 3. The number of hydrogen-bond acceptors (Lipinski definition) is 4. The zero-order chi connectivity index (χ0) is 21.3. The number of aromatic nitrogens is 3. The molecule has 150 valence electrons. The minimum atomic E-state index is -0.624. The number of aromatic amines is 1. The second-order valence-corrected chi connectivity index (χ2v) is 6.81. The second-order valence-electron chi connectivity index (χ2n) is 6.81. The molecule has 8 heteroatoms. The Kier molecular flexibility index (Phi) is 4.89. The van der Waals surface area contributed by atoms with E-state index in [4.69, 9.17) is 0 Å². The number of amides is 1. The summed E-state index contributed by atoms with van der Waals surface area (Å²) >= 11 is 0. The number of rotatable bonds is 4. The first-order valence-electron chi connectivity index (χ1n) is 9.29. The topological polar surface area (TPSA) is 101 Å². The lowest BCUT2D eigenvalue weighted by Crippen LogP contribution is -2.32. The van der Waals surface area contributed by atoms with Crippen LogP contribution in [0.4, 0.5) is 0 Å². The molecule has 0 radical (unpaired) electrons. The van der Waals surface area contributed by atoms with Crippen molar-refractivity contribution in [1.29, 1.82) is 0 Å². The molecule has 4 aromatic rings. The lowest BCUT2D eigenvalue weighted by atomic mass is 10.2. The highest BCUT2D eigenvalue weighted by molar-refractivity contribution is 6.00. The Morgan fingerprint density at radius 1 is 1.03 bits per heavy atom. The van der Waals surface area contributed by atoms with Crippen LogP contribution in [0.15, 0.2) is 75.4 Å². The standard InChI is InChI=1S/C22H19N5O3/c1-14-12-17(15(2)26(14)25-20(28)16-8-4-3-5-9-16)13-23-27-21(29)18-10-6-7-11-19(18)24-22(27)30/h3-13H,1-2H3,(H,24,30)(H,25,28). The fourth-order valence-electron chi connectivity index (χ4n) is 3.22. The zero-order valence-electron chi connectivity index (χ0n) is 16.4. The van der Waals surface area contributed by atoms with Crippen LogP contribution in [-0.2, 0) is 0 Å². The second kappa shape index (κ2) is 7.67. The van der Waals surface area contributed by atoms with Gasteiger partial charge in [0.2, 0.25) is 0 Å². The molecular formula is C22H19N5O3. The summed E-state index contributed by atoms with van der Waals surface area (Å²) in [6.07, 6.45) is 1.43. The molecule has 4 rings (SSSR count). The molecule has 0 saturated carbocycles. The predicted molar refractivity (Wildman–Crippen MR) is 116 cm³/mol. The summed E-state index contributed by atoms with van der Waals surface area (Å²) in [6.45, 7) is 3.65. The molecule has 0 aliphatic heterocycles. The summed E-state index contributed by atoms with van der Waals surface area (Å²) in [7, 11) is 0. The van der Waals surface area contributed by atoms with Crippen molar-refractivity contribution in [3.05, 3.63) is 104 Å². The number of hydrogen-bond donors (Lipinski definition) is 2. The normalized spacial score (nSPS) is 11.3. The van der Waals surface area contributed by atoms with Crippen LogP contribution in [-0.4, -0.2) is 26.5 Å². The Morgan fingerprint density at radius 2 is 1.73 bits per heavy atom. The van der Waals surface area contributed by atoms with Gasteiger partial charge < -0.3 is 4.98 Å². The highest BCUT2D eigenvalue weighted by atomic mass is 16.2. The molecule has 1 amide bonds. The van der Waals surface area contributed by atoms with Gasteiger partial charge in [0.25, 0.3) is 11.5 Å². The number of carbonyl (C=O) groups is 1. The number of aryl methyl sites for hydroxylation is 1. The van der Waals surface area contributed by atoms with Gasteiger partial charge in [-0.25, -0.2) is 4.79 Å². The van der Waals surface area contributed by atoms with Crippen LogP contribution in [0.3, 0.4) is 0 Å². The van der Waals surface area contributed by atoms with Gasteiger partial charge in [-0.2, -0.15) is 5.10 Å². The van der Waals surface area contributed by atoms with E-state index in [2.05, 4.69) is 15.5 Å². The third kappa shape index (κ3) is 3.46. The van der Waals surface area contributed by atoms with Crippen LogP contribution in [0.1, 0.15) is 27.3 Å². The third-order valence-corrected chi connectivity index (χ3v) is 4.82. The molecule has 0 unspecified atom stereocenters. The lowest BCUT2D eigenvalue weighted by Gasteiger charge is -2.11. The van der Waals surface area contributed by atoms with Gasteiger partial charge in [0, 0.05) is 22.5 Å². The first-order chi connectivity index (χ1) is 14.5. The van der Waals surface area contributed by atoms with E-state index in [9.17, 15) is 14.4 Å². The van der Waals surface area contributed by atoms with E-state index in [-0.39, 0.29) is 5.91 Å². The van der Waals surface area contributed by atoms with Crippen molar-refractivity contribution in [1.82, 2.24) is 14.3 Å². The fourth-order valence-corrected chi connectivity index (χ4v) is 3.22. The Balaban J connectivity index is 1.67. The summed E-state index contributed by atoms with van der Waals surface area (Å²) in [4.78, 5) is 40.0. The maximum atomic E-state index is 12.6. The molecule has 0 aliphatic carbocycles. The minimum absolute atomic E-state index is 0.247.